The number of likely N-dealkylation sites (N-methyl/N-ethyl adjacent to an activating group) is 1. The fourth-order valence-corrected chi connectivity index (χ4v) is 6.96. The Bertz CT molecular complexity index is 1110. The van der Waals surface area contributed by atoms with Crippen LogP contribution in [0.25, 0.3) is 0 Å². The van der Waals surface area contributed by atoms with E-state index in [0.29, 0.717) is 36.3 Å². The SMILES string of the molecule is COc1ccc2c3c1O[C@H]1C(OC(=O)[C@@H](O)c4ccccc4)CC[C@@]4(O)[C@@H](C2)N(C)CC[C@]314. The highest BCUT2D eigenvalue weighted by Gasteiger charge is 2.73. The zero-order chi connectivity index (χ0) is 23.0. The molecular formula is C26H29NO6. The number of rotatable bonds is 4. The van der Waals surface area contributed by atoms with Crippen molar-refractivity contribution in [3.8, 4) is 11.5 Å². The van der Waals surface area contributed by atoms with Crippen LogP contribution >= 0.6 is 0 Å². The van der Waals surface area contributed by atoms with Crippen molar-refractivity contribution in [2.24, 2.45) is 0 Å². The molecule has 2 aliphatic carbocycles. The lowest BCUT2D eigenvalue weighted by Gasteiger charge is -2.63. The second-order valence-electron chi connectivity index (χ2n) is 9.84. The summed E-state index contributed by atoms with van der Waals surface area (Å²) in [7, 11) is 3.68. The molecule has 0 radical (unpaired) electrons. The van der Waals surface area contributed by atoms with Crippen molar-refractivity contribution in [1.82, 2.24) is 4.90 Å². The van der Waals surface area contributed by atoms with Gasteiger partial charge in [-0.25, -0.2) is 4.79 Å². The first-order valence-electron chi connectivity index (χ1n) is 11.6. The van der Waals surface area contributed by atoms with Crippen LogP contribution in [0.4, 0.5) is 0 Å². The van der Waals surface area contributed by atoms with E-state index in [1.807, 2.05) is 12.1 Å². The van der Waals surface area contributed by atoms with Gasteiger partial charge in [-0.15, -0.1) is 0 Å². The van der Waals surface area contributed by atoms with Gasteiger partial charge < -0.3 is 29.3 Å². The van der Waals surface area contributed by atoms with Gasteiger partial charge in [-0.3, -0.25) is 0 Å². The Morgan fingerprint density at radius 3 is 2.76 bits per heavy atom. The summed E-state index contributed by atoms with van der Waals surface area (Å²) in [6.07, 6.45) is -0.0792. The van der Waals surface area contributed by atoms with Gasteiger partial charge in [0.1, 0.15) is 12.2 Å². The lowest BCUT2D eigenvalue weighted by atomic mass is 9.48. The number of carbonyl (C=O) groups is 1. The number of likely N-dealkylation sites (tertiary alicyclic amines) is 1. The van der Waals surface area contributed by atoms with E-state index in [2.05, 4.69) is 18.0 Å². The summed E-state index contributed by atoms with van der Waals surface area (Å²) < 4.78 is 18.1. The van der Waals surface area contributed by atoms with Crippen molar-refractivity contribution in [2.45, 2.75) is 61.1 Å². The molecule has 2 aliphatic heterocycles. The van der Waals surface area contributed by atoms with Gasteiger partial charge in [0.2, 0.25) is 0 Å². The standard InChI is InChI=1S/C26H29NO6/c1-27-13-12-25-20-16-8-9-17(31-2)22(20)33-23(25)18(10-11-26(25,30)19(27)14-16)32-24(29)21(28)15-6-4-3-5-7-15/h3-9,18-19,21,23,28,30H,10-14H2,1-2H3/t18?,19-,21+,23+,25+,26-/m1/s1. The number of hydrogen-bond acceptors (Lipinski definition) is 7. The highest BCUT2D eigenvalue weighted by molar-refractivity contribution is 5.76. The summed E-state index contributed by atoms with van der Waals surface area (Å²) >= 11 is 0. The zero-order valence-corrected chi connectivity index (χ0v) is 18.9. The van der Waals surface area contributed by atoms with Crippen molar-refractivity contribution < 1.29 is 29.2 Å². The summed E-state index contributed by atoms with van der Waals surface area (Å²) in [5, 5.41) is 22.8. The van der Waals surface area contributed by atoms with Crippen LogP contribution in [0.3, 0.4) is 0 Å². The third kappa shape index (κ3) is 2.64. The molecule has 2 bridgehead atoms. The molecule has 0 aromatic heterocycles. The topological polar surface area (TPSA) is 88.5 Å². The maximum Gasteiger partial charge on any atom is 0.340 e. The Kier molecular flexibility index (Phi) is 4.57. The predicted molar refractivity (Wildman–Crippen MR) is 119 cm³/mol. The molecule has 1 saturated carbocycles. The first-order chi connectivity index (χ1) is 15.9. The maximum atomic E-state index is 12.9. The van der Waals surface area contributed by atoms with Gasteiger partial charge in [0.15, 0.2) is 17.6 Å². The molecule has 1 unspecified atom stereocenters. The smallest absolute Gasteiger partial charge is 0.340 e. The number of esters is 1. The van der Waals surface area contributed by atoms with E-state index >= 15 is 0 Å². The van der Waals surface area contributed by atoms with E-state index in [-0.39, 0.29) is 6.04 Å². The van der Waals surface area contributed by atoms with Gasteiger partial charge in [0.25, 0.3) is 0 Å². The number of carbonyl (C=O) groups excluding carboxylic acids is 1. The second-order valence-corrected chi connectivity index (χ2v) is 9.84. The van der Waals surface area contributed by atoms with E-state index in [9.17, 15) is 15.0 Å². The third-order valence-electron chi connectivity index (χ3n) is 8.49. The van der Waals surface area contributed by atoms with Gasteiger partial charge >= 0.3 is 5.97 Å². The van der Waals surface area contributed by atoms with Crippen molar-refractivity contribution in [3.63, 3.8) is 0 Å². The summed E-state index contributed by atoms with van der Waals surface area (Å²) in [5.41, 5.74) is 0.997. The summed E-state index contributed by atoms with van der Waals surface area (Å²) in [6, 6.07) is 12.7. The van der Waals surface area contributed by atoms with E-state index in [4.69, 9.17) is 14.2 Å². The first kappa shape index (κ1) is 21.0. The van der Waals surface area contributed by atoms with Crippen molar-refractivity contribution in [3.05, 3.63) is 59.2 Å². The Balaban J connectivity index is 1.41. The van der Waals surface area contributed by atoms with Gasteiger partial charge in [-0.05, 0) is 56.5 Å². The number of aliphatic hydroxyl groups excluding tert-OH is 1. The highest BCUT2D eigenvalue weighted by Crippen LogP contribution is 2.65. The molecule has 1 saturated heterocycles. The van der Waals surface area contributed by atoms with Gasteiger partial charge in [0, 0.05) is 11.6 Å². The monoisotopic (exact) mass is 451 g/mol. The lowest BCUT2D eigenvalue weighted by Crippen LogP contribution is -2.76. The Labute approximate surface area is 192 Å². The van der Waals surface area contributed by atoms with Gasteiger partial charge in [-0.2, -0.15) is 0 Å². The minimum Gasteiger partial charge on any atom is -0.493 e. The summed E-state index contributed by atoms with van der Waals surface area (Å²) in [4.78, 5) is 15.2. The number of benzene rings is 2. The molecule has 2 fully saturated rings. The van der Waals surface area contributed by atoms with Crippen LogP contribution in [0.2, 0.25) is 0 Å². The Morgan fingerprint density at radius 2 is 2.00 bits per heavy atom. The van der Waals surface area contributed by atoms with Gasteiger partial charge in [0.05, 0.1) is 18.1 Å². The number of aliphatic hydroxyl groups is 2. The van der Waals surface area contributed by atoms with Crippen LogP contribution in [-0.2, 0) is 21.4 Å². The quantitative estimate of drug-likeness (QED) is 0.689. The molecule has 7 nitrogen and oxygen atoms in total. The molecule has 33 heavy (non-hydrogen) atoms. The van der Waals surface area contributed by atoms with Crippen molar-refractivity contribution in [2.75, 3.05) is 20.7 Å². The van der Waals surface area contributed by atoms with E-state index in [0.717, 1.165) is 24.1 Å². The fourth-order valence-electron chi connectivity index (χ4n) is 6.96. The van der Waals surface area contributed by atoms with Crippen LogP contribution in [0, 0.1) is 0 Å². The van der Waals surface area contributed by atoms with Crippen LogP contribution < -0.4 is 9.47 Å². The molecular weight excluding hydrogens is 422 g/mol. The first-order valence-corrected chi connectivity index (χ1v) is 11.6. The van der Waals surface area contributed by atoms with Crippen LogP contribution in [0.15, 0.2) is 42.5 Å². The third-order valence-corrected chi connectivity index (χ3v) is 8.49. The van der Waals surface area contributed by atoms with Crippen LogP contribution in [-0.4, -0.2) is 65.6 Å². The van der Waals surface area contributed by atoms with Crippen molar-refractivity contribution >= 4 is 5.97 Å². The van der Waals surface area contributed by atoms with E-state index < -0.39 is 35.3 Å². The van der Waals surface area contributed by atoms with Gasteiger partial charge in [-0.1, -0.05) is 36.4 Å². The number of nitrogens with zero attached hydrogens (tertiary/aromatic N) is 1. The normalized spacial score (nSPS) is 34.7. The van der Waals surface area contributed by atoms with Crippen molar-refractivity contribution in [1.29, 1.82) is 0 Å². The fraction of sp³-hybridized carbons (Fsp3) is 0.500. The summed E-state index contributed by atoms with van der Waals surface area (Å²) in [6.45, 7) is 0.816. The largest absolute Gasteiger partial charge is 0.493 e. The number of methoxy groups -OCH3 is 1. The number of hydrogen-bond donors (Lipinski definition) is 2. The van der Waals surface area contributed by atoms with Crippen LogP contribution in [0.5, 0.6) is 11.5 Å². The molecule has 2 aromatic rings. The minimum atomic E-state index is -1.37. The molecule has 174 valence electrons. The average Bonchev–Trinajstić information content (AvgIpc) is 3.19. The summed E-state index contributed by atoms with van der Waals surface area (Å²) in [5.74, 6) is 0.597. The predicted octanol–water partition coefficient (Wildman–Crippen LogP) is 2.12. The Hall–Kier alpha value is -2.61. The molecule has 6 atom stereocenters. The number of ether oxygens (including phenoxy) is 3. The minimum absolute atomic E-state index is 0.0317. The van der Waals surface area contributed by atoms with E-state index in [1.54, 1.807) is 31.4 Å². The highest BCUT2D eigenvalue weighted by atomic mass is 16.6. The molecule has 4 aliphatic rings. The molecule has 2 heterocycles. The second kappa shape index (κ2) is 7.19. The average molecular weight is 452 g/mol. The zero-order valence-electron chi connectivity index (χ0n) is 18.9. The lowest BCUT2D eigenvalue weighted by molar-refractivity contribution is -0.215. The molecule has 1 spiro atoms. The van der Waals surface area contributed by atoms with E-state index in [1.165, 1.54) is 0 Å². The molecule has 6 rings (SSSR count). The maximum absolute atomic E-state index is 12.9. The van der Waals surface area contributed by atoms with Crippen LogP contribution in [0.1, 0.15) is 42.1 Å². The number of piperidine rings is 1. The Morgan fingerprint density at radius 1 is 1.21 bits per heavy atom. The molecule has 2 aromatic carbocycles. The molecule has 2 N–H and O–H groups in total. The molecule has 7 heteroatoms. The molecule has 0 amide bonds.